The van der Waals surface area contributed by atoms with Crippen molar-refractivity contribution in [2.24, 2.45) is 5.73 Å². The van der Waals surface area contributed by atoms with Crippen molar-refractivity contribution in [3.05, 3.63) is 29.3 Å². The molecule has 0 aliphatic carbocycles. The van der Waals surface area contributed by atoms with E-state index in [1.165, 1.54) is 18.2 Å². The van der Waals surface area contributed by atoms with E-state index in [1.54, 1.807) is 0 Å². The maximum Gasteiger partial charge on any atom is 0.387 e. The third kappa shape index (κ3) is 4.01. The number of halogens is 2. The van der Waals surface area contributed by atoms with Crippen LogP contribution < -0.4 is 10.5 Å². The second kappa shape index (κ2) is 6.55. The summed E-state index contributed by atoms with van der Waals surface area (Å²) >= 11 is 0. The lowest BCUT2D eigenvalue weighted by Gasteiger charge is -2.09. The molecular formula is C12H12F2N2O2. The molecular weight excluding hydrogens is 242 g/mol. The first-order valence-corrected chi connectivity index (χ1v) is 5.29. The molecule has 1 aromatic carbocycles. The fraction of sp³-hybridized carbons (Fsp3) is 0.333. The Bertz CT molecular complexity index is 470. The molecule has 4 nitrogen and oxygen atoms in total. The number of primary amides is 1. The second-order valence-electron chi connectivity index (χ2n) is 3.57. The zero-order valence-corrected chi connectivity index (χ0v) is 9.53. The van der Waals surface area contributed by atoms with E-state index in [9.17, 15) is 13.6 Å². The van der Waals surface area contributed by atoms with Gasteiger partial charge < -0.3 is 10.5 Å². The number of alkyl halides is 2. The summed E-state index contributed by atoms with van der Waals surface area (Å²) in [6.45, 7) is -2.95. The molecule has 96 valence electrons. The quantitative estimate of drug-likeness (QED) is 0.791. The molecule has 2 N–H and O–H groups in total. The predicted octanol–water partition coefficient (Wildman–Crippen LogP) is 2.23. The number of hydrogen-bond donors (Lipinski definition) is 1. The van der Waals surface area contributed by atoms with Gasteiger partial charge in [0.05, 0.1) is 6.07 Å². The van der Waals surface area contributed by atoms with E-state index in [0.717, 1.165) is 0 Å². The molecule has 1 rings (SSSR count). The van der Waals surface area contributed by atoms with Crippen LogP contribution in [0.4, 0.5) is 8.78 Å². The number of amides is 1. The summed E-state index contributed by atoms with van der Waals surface area (Å²) in [6, 6.07) is 6.03. The predicted molar refractivity (Wildman–Crippen MR) is 60.1 cm³/mol. The monoisotopic (exact) mass is 254 g/mol. The number of hydrogen-bond acceptors (Lipinski definition) is 3. The fourth-order valence-electron chi connectivity index (χ4n) is 1.54. The minimum absolute atomic E-state index is 0.108. The summed E-state index contributed by atoms with van der Waals surface area (Å²) in [7, 11) is 0. The van der Waals surface area contributed by atoms with Gasteiger partial charge in [0.2, 0.25) is 5.91 Å². The van der Waals surface area contributed by atoms with Crippen LogP contribution in [-0.4, -0.2) is 12.5 Å². The minimum atomic E-state index is -2.95. The highest BCUT2D eigenvalue weighted by molar-refractivity contribution is 5.94. The molecule has 0 spiro atoms. The Labute approximate surface area is 103 Å². The highest BCUT2D eigenvalue weighted by Crippen LogP contribution is 2.21. The van der Waals surface area contributed by atoms with Gasteiger partial charge in [-0.2, -0.15) is 14.0 Å². The van der Waals surface area contributed by atoms with Crippen molar-refractivity contribution >= 4 is 5.91 Å². The number of nitriles is 1. The summed E-state index contributed by atoms with van der Waals surface area (Å²) < 4.78 is 28.2. The molecule has 0 bridgehead atoms. The molecule has 0 saturated heterocycles. The molecule has 18 heavy (non-hydrogen) atoms. The van der Waals surface area contributed by atoms with Crippen molar-refractivity contribution in [1.29, 1.82) is 5.26 Å². The number of carbonyl (C=O) groups is 1. The molecule has 0 fully saturated rings. The summed E-state index contributed by atoms with van der Waals surface area (Å²) in [4.78, 5) is 11.2. The lowest BCUT2D eigenvalue weighted by molar-refractivity contribution is -0.0499. The van der Waals surface area contributed by atoms with Crippen LogP contribution in [0.5, 0.6) is 5.75 Å². The number of nitrogens with zero attached hydrogens (tertiary/aromatic N) is 1. The molecule has 1 aromatic rings. The number of aryl methyl sites for hydroxylation is 1. The van der Waals surface area contributed by atoms with Crippen molar-refractivity contribution in [3.8, 4) is 11.8 Å². The summed E-state index contributed by atoms with van der Waals surface area (Å²) in [5.41, 5.74) is 5.94. The van der Waals surface area contributed by atoms with E-state index in [2.05, 4.69) is 4.74 Å². The number of nitrogens with two attached hydrogens (primary N) is 1. The fourth-order valence-corrected chi connectivity index (χ4v) is 1.54. The van der Waals surface area contributed by atoms with E-state index in [4.69, 9.17) is 11.0 Å². The highest BCUT2D eigenvalue weighted by atomic mass is 19.3. The van der Waals surface area contributed by atoms with E-state index >= 15 is 0 Å². The summed E-state index contributed by atoms with van der Waals surface area (Å²) in [5, 5.41) is 8.42. The zero-order chi connectivity index (χ0) is 13.5. The van der Waals surface area contributed by atoms with Crippen LogP contribution in [0.15, 0.2) is 18.2 Å². The van der Waals surface area contributed by atoms with E-state index in [0.29, 0.717) is 24.8 Å². The van der Waals surface area contributed by atoms with Crippen molar-refractivity contribution in [3.63, 3.8) is 0 Å². The molecule has 6 heteroatoms. The first-order chi connectivity index (χ1) is 8.54. The normalized spacial score (nSPS) is 10.1. The van der Waals surface area contributed by atoms with Gasteiger partial charge in [-0.1, -0.05) is 6.07 Å². The molecule has 0 heterocycles. The van der Waals surface area contributed by atoms with Gasteiger partial charge in [-0.3, -0.25) is 4.79 Å². The molecule has 0 radical (unpaired) electrons. The van der Waals surface area contributed by atoms with Crippen LogP contribution in [-0.2, 0) is 6.42 Å². The lowest BCUT2D eigenvalue weighted by Crippen LogP contribution is -2.14. The first-order valence-electron chi connectivity index (χ1n) is 5.29. The Hall–Kier alpha value is -2.16. The molecule has 0 unspecified atom stereocenters. The van der Waals surface area contributed by atoms with Gasteiger partial charge in [-0.25, -0.2) is 0 Å². The summed E-state index contributed by atoms with van der Waals surface area (Å²) in [6.07, 6.45) is 1.42. The Balaban J connectivity index is 2.90. The van der Waals surface area contributed by atoms with E-state index in [1.807, 2.05) is 6.07 Å². The van der Waals surface area contributed by atoms with E-state index < -0.39 is 12.5 Å². The van der Waals surface area contributed by atoms with Crippen LogP contribution in [0, 0.1) is 11.3 Å². The van der Waals surface area contributed by atoms with Gasteiger partial charge in [-0.15, -0.1) is 0 Å². The van der Waals surface area contributed by atoms with E-state index in [-0.39, 0.29) is 11.3 Å². The van der Waals surface area contributed by atoms with Crippen LogP contribution >= 0.6 is 0 Å². The Morgan fingerprint density at radius 1 is 1.50 bits per heavy atom. The standard InChI is InChI=1S/C12H12F2N2O2/c13-12(14)18-9-5-4-8(3-1-2-6-15)10(7-9)11(16)17/h4-5,7,12H,1-3H2,(H2,16,17). The maximum atomic E-state index is 12.0. The topological polar surface area (TPSA) is 76.1 Å². The molecule has 0 atom stereocenters. The first kappa shape index (κ1) is 13.9. The Kier molecular flexibility index (Phi) is 5.06. The van der Waals surface area contributed by atoms with Crippen LogP contribution in [0.2, 0.25) is 0 Å². The Morgan fingerprint density at radius 3 is 2.78 bits per heavy atom. The molecule has 0 aliphatic rings. The second-order valence-corrected chi connectivity index (χ2v) is 3.57. The van der Waals surface area contributed by atoms with Crippen molar-refractivity contribution < 1.29 is 18.3 Å². The SMILES string of the molecule is N#CCCCc1ccc(OC(F)F)cc1C(N)=O. The van der Waals surface area contributed by atoms with Crippen molar-refractivity contribution in [1.82, 2.24) is 0 Å². The third-order valence-electron chi connectivity index (χ3n) is 2.31. The number of benzene rings is 1. The molecule has 0 aliphatic heterocycles. The highest BCUT2D eigenvalue weighted by Gasteiger charge is 2.12. The van der Waals surface area contributed by atoms with Crippen LogP contribution in [0.3, 0.4) is 0 Å². The van der Waals surface area contributed by atoms with Crippen LogP contribution in [0.25, 0.3) is 0 Å². The smallest absolute Gasteiger partial charge is 0.387 e. The third-order valence-corrected chi connectivity index (χ3v) is 2.31. The summed E-state index contributed by atoms with van der Waals surface area (Å²) in [5.74, 6) is -0.815. The number of unbranched alkanes of at least 4 members (excludes halogenated alkanes) is 1. The lowest BCUT2D eigenvalue weighted by atomic mass is 10.0. The van der Waals surface area contributed by atoms with Gasteiger partial charge in [0.25, 0.3) is 0 Å². The van der Waals surface area contributed by atoms with Gasteiger partial charge in [-0.05, 0) is 30.5 Å². The molecule has 0 saturated carbocycles. The number of carbonyl (C=O) groups excluding carboxylic acids is 1. The van der Waals surface area contributed by atoms with Crippen molar-refractivity contribution in [2.45, 2.75) is 25.9 Å². The van der Waals surface area contributed by atoms with Gasteiger partial charge in [0.1, 0.15) is 5.75 Å². The van der Waals surface area contributed by atoms with Gasteiger partial charge in [0.15, 0.2) is 0 Å². The molecule has 1 amide bonds. The average molecular weight is 254 g/mol. The Morgan fingerprint density at radius 2 is 2.22 bits per heavy atom. The number of ether oxygens (including phenoxy) is 1. The molecule has 0 aromatic heterocycles. The van der Waals surface area contributed by atoms with Crippen LogP contribution in [0.1, 0.15) is 28.8 Å². The maximum absolute atomic E-state index is 12.0. The zero-order valence-electron chi connectivity index (χ0n) is 9.53. The van der Waals surface area contributed by atoms with Gasteiger partial charge in [0, 0.05) is 12.0 Å². The largest absolute Gasteiger partial charge is 0.435 e. The average Bonchev–Trinajstić information content (AvgIpc) is 2.30. The van der Waals surface area contributed by atoms with Gasteiger partial charge >= 0.3 is 6.61 Å². The minimum Gasteiger partial charge on any atom is -0.435 e. The van der Waals surface area contributed by atoms with Crippen molar-refractivity contribution in [2.75, 3.05) is 0 Å². The number of rotatable bonds is 6.